The molecule has 1 aliphatic carbocycles. The van der Waals surface area contributed by atoms with E-state index in [1.54, 1.807) is 0 Å². The van der Waals surface area contributed by atoms with Gasteiger partial charge < -0.3 is 10.2 Å². The zero-order valence-corrected chi connectivity index (χ0v) is 12.2. The van der Waals surface area contributed by atoms with E-state index in [0.29, 0.717) is 6.04 Å². The number of hydrogen-bond acceptors (Lipinski definition) is 2. The van der Waals surface area contributed by atoms with Crippen molar-refractivity contribution in [3.05, 3.63) is 60.2 Å². The van der Waals surface area contributed by atoms with Gasteiger partial charge in [-0.25, -0.2) is 0 Å². The topological polar surface area (TPSA) is 15.3 Å². The largest absolute Gasteiger partial charge is 0.381 e. The van der Waals surface area contributed by atoms with E-state index < -0.39 is 0 Å². The standard InChI is InChI=1S/C18H22N2/c1-20(2)18-11-7-6-10-17(18)19-16-12-15(13-16)14-8-4-3-5-9-14/h3-11,15-16,19H,12-13H2,1-2H3. The molecule has 0 bridgehead atoms. The third kappa shape index (κ3) is 2.64. The van der Waals surface area contributed by atoms with Gasteiger partial charge in [0.15, 0.2) is 0 Å². The highest BCUT2D eigenvalue weighted by Crippen LogP contribution is 2.39. The quantitative estimate of drug-likeness (QED) is 0.896. The number of rotatable bonds is 4. The van der Waals surface area contributed by atoms with Crippen LogP contribution in [-0.4, -0.2) is 20.1 Å². The number of anilines is 2. The summed E-state index contributed by atoms with van der Waals surface area (Å²) in [5.41, 5.74) is 3.98. The van der Waals surface area contributed by atoms with Gasteiger partial charge in [0.2, 0.25) is 0 Å². The summed E-state index contributed by atoms with van der Waals surface area (Å²) in [6, 6.07) is 20.0. The van der Waals surface area contributed by atoms with Crippen LogP contribution >= 0.6 is 0 Å². The van der Waals surface area contributed by atoms with Crippen LogP contribution in [0.5, 0.6) is 0 Å². The second kappa shape index (κ2) is 5.58. The molecule has 2 aromatic carbocycles. The summed E-state index contributed by atoms with van der Waals surface area (Å²) in [6.07, 6.45) is 2.46. The summed E-state index contributed by atoms with van der Waals surface area (Å²) < 4.78 is 0. The van der Waals surface area contributed by atoms with Crippen molar-refractivity contribution in [1.82, 2.24) is 0 Å². The van der Waals surface area contributed by atoms with E-state index in [0.717, 1.165) is 5.92 Å². The van der Waals surface area contributed by atoms with E-state index in [2.05, 4.69) is 78.9 Å². The molecule has 0 saturated heterocycles. The van der Waals surface area contributed by atoms with Crippen molar-refractivity contribution in [3.63, 3.8) is 0 Å². The Balaban J connectivity index is 1.62. The molecule has 1 N–H and O–H groups in total. The van der Waals surface area contributed by atoms with Crippen molar-refractivity contribution < 1.29 is 0 Å². The van der Waals surface area contributed by atoms with Crippen LogP contribution in [0, 0.1) is 0 Å². The maximum absolute atomic E-state index is 3.69. The fourth-order valence-corrected chi connectivity index (χ4v) is 2.94. The predicted octanol–water partition coefficient (Wildman–Crippen LogP) is 4.11. The lowest BCUT2D eigenvalue weighted by Crippen LogP contribution is -2.34. The summed E-state index contributed by atoms with van der Waals surface area (Å²) in [5, 5.41) is 3.69. The Hall–Kier alpha value is -1.96. The van der Waals surface area contributed by atoms with Gasteiger partial charge in [-0.15, -0.1) is 0 Å². The van der Waals surface area contributed by atoms with Gasteiger partial charge >= 0.3 is 0 Å². The Morgan fingerprint density at radius 3 is 2.25 bits per heavy atom. The van der Waals surface area contributed by atoms with Crippen LogP contribution in [0.4, 0.5) is 11.4 Å². The Morgan fingerprint density at radius 1 is 0.900 bits per heavy atom. The fourth-order valence-electron chi connectivity index (χ4n) is 2.94. The fraction of sp³-hybridized carbons (Fsp3) is 0.333. The summed E-state index contributed by atoms with van der Waals surface area (Å²) in [5.74, 6) is 0.722. The number of hydrogen-bond donors (Lipinski definition) is 1. The summed E-state index contributed by atoms with van der Waals surface area (Å²) in [7, 11) is 4.18. The minimum absolute atomic E-state index is 0.598. The zero-order chi connectivity index (χ0) is 13.9. The maximum Gasteiger partial charge on any atom is 0.0596 e. The summed E-state index contributed by atoms with van der Waals surface area (Å²) in [6.45, 7) is 0. The van der Waals surface area contributed by atoms with Crippen LogP contribution in [0.15, 0.2) is 54.6 Å². The van der Waals surface area contributed by atoms with Crippen LogP contribution in [-0.2, 0) is 0 Å². The molecule has 1 saturated carbocycles. The van der Waals surface area contributed by atoms with Crippen molar-refractivity contribution in [2.45, 2.75) is 24.8 Å². The second-order valence-electron chi connectivity index (χ2n) is 5.83. The Labute approximate surface area is 121 Å². The van der Waals surface area contributed by atoms with Gasteiger partial charge in [-0.2, -0.15) is 0 Å². The monoisotopic (exact) mass is 266 g/mol. The number of nitrogens with zero attached hydrogens (tertiary/aromatic N) is 1. The number of para-hydroxylation sites is 2. The third-order valence-electron chi connectivity index (χ3n) is 4.15. The molecule has 2 heteroatoms. The normalized spacial score (nSPS) is 21.1. The summed E-state index contributed by atoms with van der Waals surface area (Å²) in [4.78, 5) is 2.16. The average Bonchev–Trinajstić information content (AvgIpc) is 2.43. The second-order valence-corrected chi connectivity index (χ2v) is 5.83. The van der Waals surface area contributed by atoms with E-state index >= 15 is 0 Å². The molecule has 104 valence electrons. The van der Waals surface area contributed by atoms with Crippen LogP contribution in [0.3, 0.4) is 0 Å². The molecule has 0 amide bonds. The molecular weight excluding hydrogens is 244 g/mol. The predicted molar refractivity (Wildman–Crippen MR) is 86.6 cm³/mol. The number of benzene rings is 2. The first-order valence-electron chi connectivity index (χ1n) is 7.32. The molecule has 0 atom stereocenters. The molecule has 2 nitrogen and oxygen atoms in total. The first-order chi connectivity index (χ1) is 9.74. The summed E-state index contributed by atoms with van der Waals surface area (Å²) >= 11 is 0. The molecule has 1 fully saturated rings. The van der Waals surface area contributed by atoms with Gasteiger partial charge in [0.1, 0.15) is 0 Å². The molecule has 0 radical (unpaired) electrons. The highest BCUT2D eigenvalue weighted by molar-refractivity contribution is 5.69. The highest BCUT2D eigenvalue weighted by atomic mass is 15.1. The van der Waals surface area contributed by atoms with Crippen molar-refractivity contribution in [3.8, 4) is 0 Å². The first kappa shape index (κ1) is 13.0. The van der Waals surface area contributed by atoms with Crippen LogP contribution in [0.2, 0.25) is 0 Å². The molecule has 0 spiro atoms. The Bertz CT molecular complexity index is 557. The van der Waals surface area contributed by atoms with Gasteiger partial charge in [-0.05, 0) is 36.5 Å². The SMILES string of the molecule is CN(C)c1ccccc1NC1CC(c2ccccc2)C1. The molecule has 0 heterocycles. The molecule has 2 aromatic rings. The van der Waals surface area contributed by atoms with E-state index in [9.17, 15) is 0 Å². The van der Waals surface area contributed by atoms with Gasteiger partial charge in [0.25, 0.3) is 0 Å². The van der Waals surface area contributed by atoms with E-state index in [1.165, 1.54) is 29.8 Å². The minimum atomic E-state index is 0.598. The van der Waals surface area contributed by atoms with Gasteiger partial charge in [-0.1, -0.05) is 42.5 Å². The lowest BCUT2D eigenvalue weighted by atomic mass is 9.76. The van der Waals surface area contributed by atoms with Crippen molar-refractivity contribution >= 4 is 11.4 Å². The minimum Gasteiger partial charge on any atom is -0.381 e. The van der Waals surface area contributed by atoms with Gasteiger partial charge in [0, 0.05) is 20.1 Å². The molecule has 3 rings (SSSR count). The van der Waals surface area contributed by atoms with Crippen LogP contribution < -0.4 is 10.2 Å². The first-order valence-corrected chi connectivity index (χ1v) is 7.32. The third-order valence-corrected chi connectivity index (χ3v) is 4.15. The molecule has 1 aliphatic rings. The number of nitrogens with one attached hydrogen (secondary N) is 1. The molecule has 0 unspecified atom stereocenters. The van der Waals surface area contributed by atoms with E-state index in [1.807, 2.05) is 0 Å². The Morgan fingerprint density at radius 2 is 1.55 bits per heavy atom. The average molecular weight is 266 g/mol. The van der Waals surface area contributed by atoms with Gasteiger partial charge in [0.05, 0.1) is 11.4 Å². The Kier molecular flexibility index (Phi) is 3.64. The zero-order valence-electron chi connectivity index (χ0n) is 12.2. The van der Waals surface area contributed by atoms with Crippen LogP contribution in [0.1, 0.15) is 24.3 Å². The molecule has 20 heavy (non-hydrogen) atoms. The lowest BCUT2D eigenvalue weighted by Gasteiger charge is -2.37. The van der Waals surface area contributed by atoms with E-state index in [-0.39, 0.29) is 0 Å². The molecule has 0 aromatic heterocycles. The highest BCUT2D eigenvalue weighted by Gasteiger charge is 2.30. The lowest BCUT2D eigenvalue weighted by molar-refractivity contribution is 0.374. The van der Waals surface area contributed by atoms with E-state index in [4.69, 9.17) is 0 Å². The van der Waals surface area contributed by atoms with Crippen molar-refractivity contribution in [1.29, 1.82) is 0 Å². The van der Waals surface area contributed by atoms with Crippen LogP contribution in [0.25, 0.3) is 0 Å². The van der Waals surface area contributed by atoms with Gasteiger partial charge in [-0.3, -0.25) is 0 Å². The smallest absolute Gasteiger partial charge is 0.0596 e. The molecule has 0 aliphatic heterocycles. The van der Waals surface area contributed by atoms with Crippen molar-refractivity contribution in [2.75, 3.05) is 24.3 Å². The molecular formula is C18H22N2. The van der Waals surface area contributed by atoms with Crippen molar-refractivity contribution in [2.24, 2.45) is 0 Å². The maximum atomic E-state index is 3.69.